The van der Waals surface area contributed by atoms with Gasteiger partial charge >= 0.3 is 15.5 Å². The summed E-state index contributed by atoms with van der Waals surface area (Å²) in [6, 6.07) is 0. The van der Waals surface area contributed by atoms with Gasteiger partial charge < -0.3 is 5.32 Å². The van der Waals surface area contributed by atoms with Crippen LogP contribution in [0.3, 0.4) is 0 Å². The van der Waals surface area contributed by atoms with Crippen LogP contribution in [0.5, 0.6) is 0 Å². The number of hydrogen-bond donors (Lipinski definition) is 2. The highest BCUT2D eigenvalue weighted by molar-refractivity contribution is 8.06. The third kappa shape index (κ3) is 1.64. The molecule has 0 bridgehead atoms. The minimum absolute atomic E-state index is 0.175. The minimum atomic E-state index is -4.66. The van der Waals surface area contributed by atoms with Gasteiger partial charge in [-0.2, -0.15) is 4.99 Å². The lowest BCUT2D eigenvalue weighted by atomic mass is 10.4. The molecule has 0 spiro atoms. The SMILES string of the molecule is C[N+]1(S(=O)(=O)O)C(S(C)(=O)=O)=NC2=C1CNC2. The lowest BCUT2D eigenvalue weighted by Gasteiger charge is -2.25. The molecule has 0 aromatic heterocycles. The second kappa shape index (κ2) is 3.36. The van der Waals surface area contributed by atoms with E-state index in [4.69, 9.17) is 0 Å². The summed E-state index contributed by atoms with van der Waals surface area (Å²) in [6.07, 6.45) is 0.864. The van der Waals surface area contributed by atoms with E-state index in [2.05, 4.69) is 10.3 Å². The normalized spacial score (nSPS) is 29.5. The molecular weight excluding hydrogens is 270 g/mol. The third-order valence-electron chi connectivity index (χ3n) is 2.82. The Hall–Kier alpha value is -0.810. The molecule has 1 unspecified atom stereocenters. The molecule has 0 saturated carbocycles. The number of nitrogens with one attached hydrogen (secondary N) is 1. The van der Waals surface area contributed by atoms with Gasteiger partial charge in [0.25, 0.3) is 0 Å². The van der Waals surface area contributed by atoms with Crippen LogP contribution in [0.2, 0.25) is 0 Å². The molecule has 17 heavy (non-hydrogen) atoms. The second-order valence-corrected chi connectivity index (χ2v) is 7.57. The molecule has 96 valence electrons. The fourth-order valence-corrected chi connectivity index (χ4v) is 4.36. The number of likely N-dealkylation sites (N-methyl/N-ethyl adjacent to an activating group) is 1. The van der Waals surface area contributed by atoms with Crippen molar-refractivity contribution in [3.8, 4) is 0 Å². The van der Waals surface area contributed by atoms with E-state index in [0.29, 0.717) is 5.70 Å². The Bertz CT molecular complexity index is 645. The number of aliphatic imine (C=N–C) groups is 1. The number of nitrogens with zero attached hydrogens (tertiary/aromatic N) is 2. The van der Waals surface area contributed by atoms with Gasteiger partial charge in [0.2, 0.25) is 9.84 Å². The van der Waals surface area contributed by atoms with Crippen LogP contribution in [-0.4, -0.2) is 56.8 Å². The van der Waals surface area contributed by atoms with Gasteiger partial charge in [0, 0.05) is 6.54 Å². The molecule has 0 aromatic carbocycles. The van der Waals surface area contributed by atoms with Gasteiger partial charge in [-0.15, -0.1) is 12.3 Å². The average molecular weight is 282 g/mol. The average Bonchev–Trinajstić information content (AvgIpc) is 2.64. The van der Waals surface area contributed by atoms with Crippen LogP contribution in [0.25, 0.3) is 0 Å². The monoisotopic (exact) mass is 282 g/mol. The first-order valence-electron chi connectivity index (χ1n) is 4.65. The summed E-state index contributed by atoms with van der Waals surface area (Å²) in [5, 5.41) is 2.29. The quantitative estimate of drug-likeness (QED) is 0.445. The molecule has 2 heterocycles. The van der Waals surface area contributed by atoms with Crippen LogP contribution in [0.4, 0.5) is 0 Å². The van der Waals surface area contributed by atoms with Crippen molar-refractivity contribution >= 4 is 25.3 Å². The zero-order valence-electron chi connectivity index (χ0n) is 9.21. The topological polar surface area (TPSA) is 113 Å². The first-order valence-corrected chi connectivity index (χ1v) is 7.94. The van der Waals surface area contributed by atoms with Crippen molar-refractivity contribution in [1.82, 2.24) is 5.32 Å². The van der Waals surface area contributed by atoms with Crippen molar-refractivity contribution in [2.24, 2.45) is 4.99 Å². The van der Waals surface area contributed by atoms with E-state index < -0.39 is 29.2 Å². The predicted octanol–water partition coefficient (Wildman–Crippen LogP) is -1.54. The molecular formula is C7H12N3O5S2+. The van der Waals surface area contributed by atoms with E-state index in [0.717, 1.165) is 13.3 Å². The second-order valence-electron chi connectivity index (χ2n) is 4.04. The molecule has 2 aliphatic heterocycles. The number of sulfone groups is 1. The molecule has 0 aliphatic carbocycles. The van der Waals surface area contributed by atoms with E-state index in [1.165, 1.54) is 0 Å². The lowest BCUT2D eigenvalue weighted by molar-refractivity contribution is -0.639. The first-order chi connectivity index (χ1) is 7.58. The van der Waals surface area contributed by atoms with Crippen molar-refractivity contribution in [2.75, 3.05) is 26.4 Å². The maximum absolute atomic E-state index is 11.6. The van der Waals surface area contributed by atoms with Crippen LogP contribution in [-0.2, 0) is 20.1 Å². The molecule has 0 aromatic rings. The molecule has 2 aliphatic rings. The van der Waals surface area contributed by atoms with Crippen molar-refractivity contribution in [3.05, 3.63) is 11.4 Å². The number of rotatable bonds is 1. The molecule has 2 rings (SSSR count). The van der Waals surface area contributed by atoms with Crippen LogP contribution in [0.1, 0.15) is 0 Å². The van der Waals surface area contributed by atoms with Crippen LogP contribution in [0.15, 0.2) is 16.4 Å². The Morgan fingerprint density at radius 2 is 1.88 bits per heavy atom. The molecule has 0 fully saturated rings. The molecule has 8 nitrogen and oxygen atoms in total. The van der Waals surface area contributed by atoms with Crippen LogP contribution < -0.4 is 5.32 Å². The van der Waals surface area contributed by atoms with Crippen molar-refractivity contribution in [3.63, 3.8) is 0 Å². The molecule has 0 saturated heterocycles. The zero-order valence-corrected chi connectivity index (χ0v) is 10.8. The van der Waals surface area contributed by atoms with E-state index in [-0.39, 0.29) is 18.8 Å². The maximum Gasteiger partial charge on any atom is 0.444 e. The number of quaternary nitrogens is 1. The molecule has 2 N–H and O–H groups in total. The van der Waals surface area contributed by atoms with E-state index in [1.54, 1.807) is 0 Å². The minimum Gasteiger partial charge on any atom is -0.302 e. The Balaban J connectivity index is 2.74. The summed E-state index contributed by atoms with van der Waals surface area (Å²) in [5.74, 6) is 0. The van der Waals surface area contributed by atoms with Gasteiger partial charge in [-0.25, -0.2) is 13.0 Å². The highest BCUT2D eigenvalue weighted by Gasteiger charge is 2.57. The summed E-state index contributed by atoms with van der Waals surface area (Å²) >= 11 is 0. The van der Waals surface area contributed by atoms with Gasteiger partial charge in [0.1, 0.15) is 5.70 Å². The fraction of sp³-hybridized carbons (Fsp3) is 0.571. The predicted molar refractivity (Wildman–Crippen MR) is 59.9 cm³/mol. The zero-order chi connectivity index (χ0) is 13.1. The van der Waals surface area contributed by atoms with Gasteiger partial charge in [-0.1, -0.05) is 0 Å². The van der Waals surface area contributed by atoms with Crippen LogP contribution >= 0.6 is 0 Å². The third-order valence-corrected chi connectivity index (χ3v) is 5.37. The molecule has 1 atom stereocenters. The first kappa shape index (κ1) is 12.6. The fourth-order valence-electron chi connectivity index (χ4n) is 1.97. The van der Waals surface area contributed by atoms with Gasteiger partial charge in [0.05, 0.1) is 19.8 Å². The van der Waals surface area contributed by atoms with Crippen molar-refractivity contribution < 1.29 is 25.3 Å². The molecule has 0 amide bonds. The lowest BCUT2D eigenvalue weighted by Crippen LogP contribution is -2.54. The van der Waals surface area contributed by atoms with Gasteiger partial charge in [0.15, 0.2) is 5.70 Å². The van der Waals surface area contributed by atoms with Gasteiger partial charge in [-0.05, 0) is 0 Å². The van der Waals surface area contributed by atoms with E-state index >= 15 is 0 Å². The van der Waals surface area contributed by atoms with E-state index in [9.17, 15) is 21.4 Å². The molecule has 10 heteroatoms. The Kier molecular flexibility index (Phi) is 2.50. The summed E-state index contributed by atoms with van der Waals surface area (Å²) in [4.78, 5) is 3.82. The Labute approximate surface area is 99.0 Å². The summed E-state index contributed by atoms with van der Waals surface area (Å²) < 4.78 is 54.2. The summed E-state index contributed by atoms with van der Waals surface area (Å²) in [5.41, 5.74) is 0.596. The smallest absolute Gasteiger partial charge is 0.302 e. The van der Waals surface area contributed by atoms with Crippen molar-refractivity contribution in [2.45, 2.75) is 0 Å². The van der Waals surface area contributed by atoms with Crippen LogP contribution in [0, 0.1) is 0 Å². The maximum atomic E-state index is 11.6. The largest absolute Gasteiger partial charge is 0.444 e. The highest BCUT2D eigenvalue weighted by atomic mass is 32.2. The Morgan fingerprint density at radius 1 is 1.29 bits per heavy atom. The number of hydrogen-bond acceptors (Lipinski definition) is 6. The van der Waals surface area contributed by atoms with Gasteiger partial charge in [-0.3, -0.25) is 0 Å². The standard InChI is InChI=1S/C7H11N3O5S2/c1-10(17(13,14)15)6-4-8-3-5(6)9-7(10)16(2,11)12/h8H,3-4H2,1-2H3/p+1. The molecule has 0 radical (unpaired) electrons. The highest BCUT2D eigenvalue weighted by Crippen LogP contribution is 2.34. The Morgan fingerprint density at radius 3 is 2.35 bits per heavy atom. The van der Waals surface area contributed by atoms with E-state index in [1.807, 2.05) is 0 Å². The summed E-state index contributed by atoms with van der Waals surface area (Å²) in [6.45, 7) is 0.464. The summed E-state index contributed by atoms with van der Waals surface area (Å²) in [7, 11) is -7.38. The van der Waals surface area contributed by atoms with Crippen molar-refractivity contribution in [1.29, 1.82) is 0 Å². The number of amidine groups is 1.